The monoisotopic (exact) mass is 489 g/mol. The molecule has 0 bridgehead atoms. The molecule has 0 aliphatic rings. The van der Waals surface area contributed by atoms with E-state index in [1.54, 1.807) is 41.0 Å². The van der Waals surface area contributed by atoms with Gasteiger partial charge in [-0.2, -0.15) is 0 Å². The molecule has 3 heterocycles. The van der Waals surface area contributed by atoms with Gasteiger partial charge in [0.15, 0.2) is 28.1 Å². The molecule has 1 aromatic carbocycles. The van der Waals surface area contributed by atoms with Gasteiger partial charge in [-0.25, -0.2) is 19.9 Å². The Bertz CT molecular complexity index is 1330. The molecular weight excluding hydrogens is 472 g/mol. The molecule has 0 radical (unpaired) electrons. The Labute approximate surface area is 196 Å². The van der Waals surface area contributed by atoms with Crippen LogP contribution in [-0.4, -0.2) is 54.1 Å². The lowest BCUT2D eigenvalue weighted by atomic mass is 10.2. The Kier molecular flexibility index (Phi) is 6.58. The fourth-order valence-corrected chi connectivity index (χ4v) is 3.75. The van der Waals surface area contributed by atoms with Crippen molar-refractivity contribution in [2.75, 3.05) is 25.5 Å². The summed E-state index contributed by atoms with van der Waals surface area (Å²) < 4.78 is 42.9. The lowest BCUT2D eigenvalue weighted by Crippen LogP contribution is -2.08. The minimum atomic E-state index is -2.66. The summed E-state index contributed by atoms with van der Waals surface area (Å²) in [6.07, 6.45) is 0. The number of anilines is 1. The van der Waals surface area contributed by atoms with E-state index in [1.807, 2.05) is 6.92 Å². The summed E-state index contributed by atoms with van der Waals surface area (Å²) in [5.74, 6) is 1.49. The summed E-state index contributed by atoms with van der Waals surface area (Å²) in [6.45, 7) is 2.29. The largest absolute Gasteiger partial charge is 0.755 e. The zero-order valence-electron chi connectivity index (χ0n) is 17.7. The van der Waals surface area contributed by atoms with E-state index in [4.69, 9.17) is 25.8 Å². The van der Waals surface area contributed by atoms with E-state index in [0.717, 1.165) is 0 Å². The van der Waals surface area contributed by atoms with E-state index >= 15 is 0 Å². The highest BCUT2D eigenvalue weighted by atomic mass is 35.5. The molecule has 4 aromatic rings. The molecule has 0 fully saturated rings. The number of aromatic nitrogens is 5. The molecular formula is C20H18ClN6O5S-. The number of imidazole rings is 1. The zero-order valence-corrected chi connectivity index (χ0v) is 19.3. The maximum absolute atomic E-state index is 11.2. The van der Waals surface area contributed by atoms with Gasteiger partial charge in [-0.05, 0) is 25.1 Å². The van der Waals surface area contributed by atoms with Crippen LogP contribution in [0.2, 0.25) is 5.15 Å². The van der Waals surface area contributed by atoms with Gasteiger partial charge >= 0.3 is 0 Å². The normalized spacial score (nSPS) is 11.9. The first-order valence-electron chi connectivity index (χ1n) is 9.60. The second kappa shape index (κ2) is 9.57. The number of hydrogen-bond donors (Lipinski definition) is 1. The van der Waals surface area contributed by atoms with Crippen LogP contribution in [0.5, 0.6) is 17.4 Å². The smallest absolute Gasteiger partial charge is 0.213 e. The number of ether oxygens (including phenoxy) is 3. The quantitative estimate of drug-likeness (QED) is 0.370. The number of nitrogens with zero attached hydrogens (tertiary/aromatic N) is 5. The van der Waals surface area contributed by atoms with Crippen LogP contribution in [0.3, 0.4) is 0 Å². The first kappa shape index (κ1) is 22.7. The second-order valence-electron chi connectivity index (χ2n) is 6.42. The number of benzene rings is 1. The molecule has 0 saturated carbocycles. The van der Waals surface area contributed by atoms with Crippen LogP contribution >= 0.6 is 11.6 Å². The van der Waals surface area contributed by atoms with Gasteiger partial charge in [-0.15, -0.1) is 0 Å². The van der Waals surface area contributed by atoms with Crippen LogP contribution < -0.4 is 18.9 Å². The first-order valence-corrected chi connectivity index (χ1v) is 11.1. The molecule has 4 rings (SSSR count). The van der Waals surface area contributed by atoms with Crippen molar-refractivity contribution in [1.82, 2.24) is 24.5 Å². The third-order valence-electron chi connectivity index (χ3n) is 4.50. The molecule has 1 N–H and O–H groups in total. The molecule has 33 heavy (non-hydrogen) atoms. The van der Waals surface area contributed by atoms with E-state index < -0.39 is 11.3 Å². The molecule has 1 atom stereocenters. The highest BCUT2D eigenvalue weighted by molar-refractivity contribution is 7.80. The molecule has 1 unspecified atom stereocenters. The molecule has 0 aliphatic heterocycles. The van der Waals surface area contributed by atoms with Crippen LogP contribution in [0.25, 0.3) is 28.5 Å². The lowest BCUT2D eigenvalue weighted by molar-refractivity contribution is 0.327. The van der Waals surface area contributed by atoms with E-state index in [9.17, 15) is 8.76 Å². The molecule has 0 saturated heterocycles. The van der Waals surface area contributed by atoms with Gasteiger partial charge in [0.05, 0.1) is 20.8 Å². The van der Waals surface area contributed by atoms with Crippen molar-refractivity contribution >= 4 is 40.0 Å². The first-order chi connectivity index (χ1) is 16.0. The SMILES string of the molecule is CCOc1cccc(-c2nc3nc(Cl)c(NS(=O)[O-])nc3n2-c2c(OC)cccc2OC)n1. The molecule has 13 heteroatoms. The van der Waals surface area contributed by atoms with Gasteiger partial charge in [0.1, 0.15) is 22.9 Å². The van der Waals surface area contributed by atoms with Crippen molar-refractivity contribution in [3.05, 3.63) is 41.6 Å². The van der Waals surface area contributed by atoms with Crippen molar-refractivity contribution in [3.8, 4) is 34.6 Å². The van der Waals surface area contributed by atoms with Gasteiger partial charge in [-0.1, -0.05) is 23.7 Å². The minimum absolute atomic E-state index is 0.157. The average Bonchev–Trinajstić information content (AvgIpc) is 3.16. The van der Waals surface area contributed by atoms with Crippen molar-refractivity contribution in [3.63, 3.8) is 0 Å². The number of rotatable bonds is 8. The van der Waals surface area contributed by atoms with Gasteiger partial charge in [0.25, 0.3) is 0 Å². The summed E-state index contributed by atoms with van der Waals surface area (Å²) in [7, 11) is 3.03. The molecule has 0 amide bonds. The Morgan fingerprint density at radius 1 is 1.06 bits per heavy atom. The number of fused-ring (bicyclic) bond motifs is 1. The number of hydrogen-bond acceptors (Lipinski definition) is 9. The minimum Gasteiger partial charge on any atom is -0.755 e. The number of para-hydroxylation sites is 1. The van der Waals surface area contributed by atoms with Crippen molar-refractivity contribution in [2.24, 2.45) is 0 Å². The topological polar surface area (TPSA) is 136 Å². The Balaban J connectivity index is 2.09. The molecule has 0 spiro atoms. The van der Waals surface area contributed by atoms with E-state index in [0.29, 0.717) is 41.2 Å². The number of pyridine rings is 1. The Hall–Kier alpha value is -3.48. The summed E-state index contributed by atoms with van der Waals surface area (Å²) in [5, 5.41) is -0.161. The lowest BCUT2D eigenvalue weighted by Gasteiger charge is -2.16. The summed E-state index contributed by atoms with van der Waals surface area (Å²) >= 11 is 3.48. The number of nitrogens with one attached hydrogen (secondary N) is 1. The average molecular weight is 490 g/mol. The van der Waals surface area contributed by atoms with E-state index in [1.165, 1.54) is 14.2 Å². The molecule has 3 aromatic heterocycles. The number of methoxy groups -OCH3 is 2. The fourth-order valence-electron chi connectivity index (χ4n) is 3.22. The standard InChI is InChI=1S/C20H19ClN6O5S/c1-4-32-14-10-5-7-11(22-14)19-25-18-20(24-17(16(21)23-18)26-33(28)29)27(19)15-12(30-2)8-6-9-13(15)31-3/h5-10H,4H2,1-3H3,(H,24,26)(H,28,29)/p-1. The maximum atomic E-state index is 11.2. The van der Waals surface area contributed by atoms with Crippen LogP contribution in [0, 0.1) is 0 Å². The fraction of sp³-hybridized carbons (Fsp3) is 0.200. The second-order valence-corrected chi connectivity index (χ2v) is 7.45. The van der Waals surface area contributed by atoms with Crippen LogP contribution in [0.15, 0.2) is 36.4 Å². The van der Waals surface area contributed by atoms with Crippen LogP contribution in [0.4, 0.5) is 5.82 Å². The van der Waals surface area contributed by atoms with Gasteiger partial charge in [0, 0.05) is 17.3 Å². The third kappa shape index (κ3) is 4.40. The molecule has 11 nitrogen and oxygen atoms in total. The van der Waals surface area contributed by atoms with Crippen molar-refractivity contribution < 1.29 is 23.0 Å². The van der Waals surface area contributed by atoms with Gasteiger partial charge < -0.3 is 18.8 Å². The van der Waals surface area contributed by atoms with Crippen LogP contribution in [-0.2, 0) is 11.3 Å². The van der Waals surface area contributed by atoms with Gasteiger partial charge in [0.2, 0.25) is 5.88 Å². The summed E-state index contributed by atoms with van der Waals surface area (Å²) in [6, 6.07) is 10.5. The third-order valence-corrected chi connectivity index (χ3v) is 5.13. The molecule has 0 aliphatic carbocycles. The summed E-state index contributed by atoms with van der Waals surface area (Å²) in [5.41, 5.74) is 1.28. The van der Waals surface area contributed by atoms with Crippen molar-refractivity contribution in [2.45, 2.75) is 6.92 Å². The predicted octanol–water partition coefficient (Wildman–Crippen LogP) is 3.15. The van der Waals surface area contributed by atoms with E-state index in [-0.39, 0.29) is 22.3 Å². The predicted molar refractivity (Wildman–Crippen MR) is 122 cm³/mol. The van der Waals surface area contributed by atoms with Crippen molar-refractivity contribution in [1.29, 1.82) is 0 Å². The summed E-state index contributed by atoms with van der Waals surface area (Å²) in [4.78, 5) is 17.7. The maximum Gasteiger partial charge on any atom is 0.213 e. The Morgan fingerprint density at radius 2 is 1.76 bits per heavy atom. The molecule has 172 valence electrons. The van der Waals surface area contributed by atoms with E-state index in [2.05, 4.69) is 24.7 Å². The highest BCUT2D eigenvalue weighted by Gasteiger charge is 2.25. The van der Waals surface area contributed by atoms with Gasteiger partial charge in [-0.3, -0.25) is 13.5 Å². The van der Waals surface area contributed by atoms with Crippen LogP contribution in [0.1, 0.15) is 6.92 Å². The Morgan fingerprint density at radius 3 is 2.39 bits per heavy atom. The zero-order chi connectivity index (χ0) is 23.5. The highest BCUT2D eigenvalue weighted by Crippen LogP contribution is 2.38. The number of halogens is 1.